The van der Waals surface area contributed by atoms with Crippen molar-refractivity contribution in [3.05, 3.63) is 65.3 Å². The molecule has 3 aromatic rings. The Morgan fingerprint density at radius 3 is 2.64 bits per heavy atom. The summed E-state index contributed by atoms with van der Waals surface area (Å²) in [6.07, 6.45) is 5.70. The van der Waals surface area contributed by atoms with Gasteiger partial charge < -0.3 is 15.1 Å². The fourth-order valence-electron chi connectivity index (χ4n) is 4.26. The van der Waals surface area contributed by atoms with Crippen molar-refractivity contribution in [2.45, 2.75) is 46.2 Å². The van der Waals surface area contributed by atoms with Gasteiger partial charge in [-0.25, -0.2) is 9.97 Å². The molecule has 0 aliphatic carbocycles. The van der Waals surface area contributed by atoms with Crippen molar-refractivity contribution < 1.29 is 9.59 Å². The van der Waals surface area contributed by atoms with Crippen LogP contribution in [0.15, 0.2) is 49.1 Å². The number of hydrogen-bond acceptors (Lipinski definition) is 6. The van der Waals surface area contributed by atoms with Gasteiger partial charge >= 0.3 is 0 Å². The first-order valence-electron chi connectivity index (χ1n) is 12.2. The van der Waals surface area contributed by atoms with Gasteiger partial charge in [-0.05, 0) is 18.4 Å². The SMILES string of the molecule is Cc1ccc(CNC(=O)CC2CN(C(=O)CC(C)C)CCN2c2cc(Cl)nc(-n3ccnc3)n2)cc1. The molecule has 1 N–H and O–H groups in total. The third-order valence-electron chi connectivity index (χ3n) is 6.15. The van der Waals surface area contributed by atoms with Gasteiger partial charge in [0.25, 0.3) is 0 Å². The van der Waals surface area contributed by atoms with Crippen LogP contribution in [-0.4, -0.2) is 61.9 Å². The number of carbonyl (C=O) groups excluding carboxylic acids is 2. The van der Waals surface area contributed by atoms with Crippen molar-refractivity contribution in [2.75, 3.05) is 24.5 Å². The molecule has 4 rings (SSSR count). The zero-order valence-corrected chi connectivity index (χ0v) is 21.6. The number of hydrogen-bond donors (Lipinski definition) is 1. The molecule has 1 saturated heterocycles. The van der Waals surface area contributed by atoms with Crippen LogP contribution >= 0.6 is 11.6 Å². The molecule has 1 aromatic carbocycles. The van der Waals surface area contributed by atoms with E-state index in [2.05, 4.69) is 20.2 Å². The summed E-state index contributed by atoms with van der Waals surface area (Å²) in [4.78, 5) is 42.8. The monoisotopic (exact) mass is 509 g/mol. The van der Waals surface area contributed by atoms with Crippen LogP contribution in [0.25, 0.3) is 5.95 Å². The van der Waals surface area contributed by atoms with E-state index < -0.39 is 0 Å². The van der Waals surface area contributed by atoms with Crippen LogP contribution in [0.5, 0.6) is 0 Å². The number of nitrogens with one attached hydrogen (secondary N) is 1. The number of imidazole rings is 1. The van der Waals surface area contributed by atoms with Gasteiger partial charge in [0.1, 0.15) is 17.3 Å². The van der Waals surface area contributed by atoms with Crippen LogP contribution in [-0.2, 0) is 16.1 Å². The lowest BCUT2D eigenvalue weighted by molar-refractivity contribution is -0.133. The molecule has 0 bridgehead atoms. The molecule has 36 heavy (non-hydrogen) atoms. The van der Waals surface area contributed by atoms with Crippen molar-refractivity contribution in [3.8, 4) is 5.95 Å². The van der Waals surface area contributed by atoms with Crippen LogP contribution in [0.2, 0.25) is 5.15 Å². The predicted octanol–water partition coefficient (Wildman–Crippen LogP) is 3.39. The predicted molar refractivity (Wildman–Crippen MR) is 139 cm³/mol. The van der Waals surface area contributed by atoms with E-state index in [1.807, 2.05) is 49.9 Å². The molecule has 0 radical (unpaired) electrons. The number of amides is 2. The van der Waals surface area contributed by atoms with Crippen molar-refractivity contribution in [1.29, 1.82) is 0 Å². The van der Waals surface area contributed by atoms with Gasteiger partial charge in [0.2, 0.25) is 17.8 Å². The zero-order chi connectivity index (χ0) is 25.7. The third kappa shape index (κ3) is 6.60. The van der Waals surface area contributed by atoms with E-state index in [0.717, 1.165) is 5.56 Å². The highest BCUT2D eigenvalue weighted by molar-refractivity contribution is 6.29. The Balaban J connectivity index is 1.53. The smallest absolute Gasteiger partial charge is 0.238 e. The van der Waals surface area contributed by atoms with Gasteiger partial charge in [-0.15, -0.1) is 0 Å². The summed E-state index contributed by atoms with van der Waals surface area (Å²) in [5, 5.41) is 3.31. The Hall–Kier alpha value is -3.46. The van der Waals surface area contributed by atoms with Crippen LogP contribution < -0.4 is 10.2 Å². The summed E-state index contributed by atoms with van der Waals surface area (Å²) in [5.41, 5.74) is 2.21. The van der Waals surface area contributed by atoms with Gasteiger partial charge in [0, 0.05) is 57.5 Å². The van der Waals surface area contributed by atoms with E-state index in [-0.39, 0.29) is 30.2 Å². The highest BCUT2D eigenvalue weighted by Crippen LogP contribution is 2.25. The second-order valence-electron chi connectivity index (χ2n) is 9.57. The highest BCUT2D eigenvalue weighted by atomic mass is 35.5. The second kappa shape index (κ2) is 11.5. The maximum Gasteiger partial charge on any atom is 0.238 e. The molecular formula is C26H32ClN7O2. The minimum absolute atomic E-state index is 0.0845. The highest BCUT2D eigenvalue weighted by Gasteiger charge is 2.32. The molecule has 10 heteroatoms. The van der Waals surface area contributed by atoms with E-state index in [1.54, 1.807) is 29.4 Å². The lowest BCUT2D eigenvalue weighted by Crippen LogP contribution is -2.56. The lowest BCUT2D eigenvalue weighted by atomic mass is 10.0. The van der Waals surface area contributed by atoms with Crippen molar-refractivity contribution >= 4 is 29.2 Å². The molecule has 2 aromatic heterocycles. The van der Waals surface area contributed by atoms with Crippen molar-refractivity contribution in [2.24, 2.45) is 5.92 Å². The molecular weight excluding hydrogens is 478 g/mol. The Morgan fingerprint density at radius 1 is 1.17 bits per heavy atom. The Kier molecular flexibility index (Phi) is 8.20. The Bertz CT molecular complexity index is 1180. The summed E-state index contributed by atoms with van der Waals surface area (Å²) >= 11 is 6.35. The van der Waals surface area contributed by atoms with Crippen LogP contribution in [0, 0.1) is 12.8 Å². The van der Waals surface area contributed by atoms with Gasteiger partial charge in [-0.2, -0.15) is 4.98 Å². The Labute approximate surface area is 216 Å². The van der Waals surface area contributed by atoms with E-state index >= 15 is 0 Å². The largest absolute Gasteiger partial charge is 0.352 e. The minimum atomic E-state index is -0.255. The average Bonchev–Trinajstić information content (AvgIpc) is 3.38. The van der Waals surface area contributed by atoms with Gasteiger partial charge in [0.15, 0.2) is 0 Å². The number of aryl methyl sites for hydroxylation is 1. The molecule has 9 nitrogen and oxygen atoms in total. The average molecular weight is 510 g/mol. The third-order valence-corrected chi connectivity index (χ3v) is 6.34. The first-order valence-corrected chi connectivity index (χ1v) is 12.6. The summed E-state index contributed by atoms with van der Waals surface area (Å²) in [7, 11) is 0. The summed E-state index contributed by atoms with van der Waals surface area (Å²) in [6.45, 7) is 8.07. The summed E-state index contributed by atoms with van der Waals surface area (Å²) < 4.78 is 1.68. The van der Waals surface area contributed by atoms with Crippen LogP contribution in [0.4, 0.5) is 5.82 Å². The van der Waals surface area contributed by atoms with Gasteiger partial charge in [-0.3, -0.25) is 14.2 Å². The molecule has 3 heterocycles. The number of anilines is 1. The fourth-order valence-corrected chi connectivity index (χ4v) is 4.44. The first kappa shape index (κ1) is 25.6. The maximum atomic E-state index is 13.0. The molecule has 1 fully saturated rings. The molecule has 1 aliphatic heterocycles. The molecule has 1 unspecified atom stereocenters. The van der Waals surface area contributed by atoms with E-state index in [9.17, 15) is 9.59 Å². The van der Waals surface area contributed by atoms with Crippen molar-refractivity contribution in [3.63, 3.8) is 0 Å². The molecule has 1 aliphatic rings. The van der Waals surface area contributed by atoms with Gasteiger partial charge in [0.05, 0.1) is 6.04 Å². The molecule has 1 atom stereocenters. The number of aromatic nitrogens is 4. The Morgan fingerprint density at radius 2 is 1.94 bits per heavy atom. The van der Waals surface area contributed by atoms with E-state index in [1.165, 1.54) is 5.56 Å². The molecule has 0 spiro atoms. The van der Waals surface area contributed by atoms with E-state index in [4.69, 9.17) is 16.6 Å². The first-order chi connectivity index (χ1) is 17.3. The van der Waals surface area contributed by atoms with Crippen molar-refractivity contribution in [1.82, 2.24) is 29.7 Å². The number of rotatable bonds is 8. The zero-order valence-electron chi connectivity index (χ0n) is 20.9. The number of benzene rings is 1. The topological polar surface area (TPSA) is 96.2 Å². The number of piperazine rings is 1. The van der Waals surface area contributed by atoms with E-state index in [0.29, 0.717) is 49.5 Å². The lowest BCUT2D eigenvalue weighted by Gasteiger charge is -2.42. The summed E-state index contributed by atoms with van der Waals surface area (Å²) in [5.74, 6) is 1.31. The normalized spacial score (nSPS) is 15.9. The number of halogens is 1. The quantitative estimate of drug-likeness (QED) is 0.467. The standard InChI is InChI=1S/C26H32ClN7O2/c1-18(2)12-25(36)32-10-11-34(23-14-22(27)30-26(31-23)33-9-8-28-17-33)21(16-32)13-24(35)29-15-20-6-4-19(3)5-7-20/h4-9,14,17-18,21H,10-13,15-16H2,1-3H3,(H,29,35). The van der Waals surface area contributed by atoms with Crippen LogP contribution in [0.3, 0.4) is 0 Å². The minimum Gasteiger partial charge on any atom is -0.352 e. The number of carbonyl (C=O) groups is 2. The molecule has 190 valence electrons. The number of nitrogens with zero attached hydrogens (tertiary/aromatic N) is 6. The van der Waals surface area contributed by atoms with Gasteiger partial charge in [-0.1, -0.05) is 55.3 Å². The van der Waals surface area contributed by atoms with Crippen LogP contribution in [0.1, 0.15) is 37.8 Å². The summed E-state index contributed by atoms with van der Waals surface area (Å²) in [6, 6.07) is 9.52. The fraction of sp³-hybridized carbons (Fsp3) is 0.423. The maximum absolute atomic E-state index is 13.0. The second-order valence-corrected chi connectivity index (χ2v) is 9.96. The molecule has 0 saturated carbocycles. The molecule has 2 amide bonds.